The molecule has 5 nitrogen and oxygen atoms in total. The fourth-order valence-corrected chi connectivity index (χ4v) is 5.04. The molecule has 3 aromatic carbocycles. The van der Waals surface area contributed by atoms with Crippen LogP contribution in [0.15, 0.2) is 72.8 Å². The Labute approximate surface area is 217 Å². The van der Waals surface area contributed by atoms with Crippen LogP contribution in [0.25, 0.3) is 22.0 Å². The van der Waals surface area contributed by atoms with E-state index in [1.165, 1.54) is 11.3 Å². The molecule has 1 amide bonds. The summed E-state index contributed by atoms with van der Waals surface area (Å²) in [6.45, 7) is 9.27. The molecule has 1 N–H and O–H groups in total. The minimum absolute atomic E-state index is 0.0517. The molecule has 1 saturated heterocycles. The number of nitrogens with zero attached hydrogens (tertiary/aromatic N) is 3. The average Bonchev–Trinajstić information content (AvgIpc) is 2.89. The number of hydrogen-bond acceptors (Lipinski definition) is 4. The minimum atomic E-state index is -0.0517. The van der Waals surface area contributed by atoms with E-state index in [0.717, 1.165) is 65.5 Å². The zero-order chi connectivity index (χ0) is 25.1. The highest BCUT2D eigenvalue weighted by atomic mass is 35.5. The van der Waals surface area contributed by atoms with E-state index in [1.54, 1.807) is 0 Å². The lowest BCUT2D eigenvalue weighted by atomic mass is 9.98. The van der Waals surface area contributed by atoms with Gasteiger partial charge in [0.2, 0.25) is 0 Å². The molecular weight excluding hydrogens is 468 g/mol. The third-order valence-corrected chi connectivity index (χ3v) is 7.07. The van der Waals surface area contributed by atoms with Gasteiger partial charge in [-0.05, 0) is 43.7 Å². The molecule has 1 aromatic heterocycles. The molecule has 0 atom stereocenters. The highest BCUT2D eigenvalue weighted by molar-refractivity contribution is 6.30. The van der Waals surface area contributed by atoms with Gasteiger partial charge in [-0.25, -0.2) is 0 Å². The molecule has 184 valence electrons. The number of aryl methyl sites for hydroxylation is 2. The van der Waals surface area contributed by atoms with Gasteiger partial charge < -0.3 is 10.2 Å². The van der Waals surface area contributed by atoms with Crippen LogP contribution in [0.2, 0.25) is 5.02 Å². The summed E-state index contributed by atoms with van der Waals surface area (Å²) < 4.78 is 0. The number of anilines is 1. The third kappa shape index (κ3) is 5.38. The monoisotopic (exact) mass is 498 g/mol. The maximum absolute atomic E-state index is 13.2. The second kappa shape index (κ2) is 10.7. The summed E-state index contributed by atoms with van der Waals surface area (Å²) in [5, 5.41) is 4.79. The van der Waals surface area contributed by atoms with Crippen molar-refractivity contribution >= 4 is 34.1 Å². The Bertz CT molecular complexity index is 1380. The number of para-hydroxylation sites is 1. The van der Waals surface area contributed by atoms with Crippen LogP contribution in [0.3, 0.4) is 0 Å². The van der Waals surface area contributed by atoms with E-state index >= 15 is 0 Å². The predicted molar refractivity (Wildman–Crippen MR) is 149 cm³/mol. The van der Waals surface area contributed by atoms with Gasteiger partial charge in [0.15, 0.2) is 0 Å². The Morgan fingerprint density at radius 2 is 1.69 bits per heavy atom. The Kier molecular flexibility index (Phi) is 7.21. The number of aromatic nitrogens is 1. The molecule has 0 saturated carbocycles. The van der Waals surface area contributed by atoms with Crippen molar-refractivity contribution in [1.82, 2.24) is 15.2 Å². The molecule has 36 heavy (non-hydrogen) atoms. The van der Waals surface area contributed by atoms with Crippen LogP contribution in [0.5, 0.6) is 0 Å². The lowest BCUT2D eigenvalue weighted by Crippen LogP contribution is -2.48. The zero-order valence-electron chi connectivity index (χ0n) is 20.8. The van der Waals surface area contributed by atoms with Gasteiger partial charge >= 0.3 is 0 Å². The summed E-state index contributed by atoms with van der Waals surface area (Å²) in [5.74, 6) is -0.0517. The highest BCUT2D eigenvalue weighted by Gasteiger charge is 2.18. The van der Waals surface area contributed by atoms with Crippen LogP contribution in [-0.2, 0) is 0 Å². The van der Waals surface area contributed by atoms with Crippen LogP contribution >= 0.6 is 11.6 Å². The van der Waals surface area contributed by atoms with E-state index in [1.807, 2.05) is 43.3 Å². The zero-order valence-corrected chi connectivity index (χ0v) is 21.6. The van der Waals surface area contributed by atoms with Crippen LogP contribution in [0.1, 0.15) is 21.6 Å². The number of hydrogen-bond donors (Lipinski definition) is 1. The van der Waals surface area contributed by atoms with Crippen molar-refractivity contribution in [3.8, 4) is 11.1 Å². The van der Waals surface area contributed by atoms with E-state index in [-0.39, 0.29) is 5.91 Å². The Morgan fingerprint density at radius 1 is 0.944 bits per heavy atom. The van der Waals surface area contributed by atoms with E-state index < -0.39 is 0 Å². The molecule has 2 heterocycles. The summed E-state index contributed by atoms with van der Waals surface area (Å²) in [7, 11) is 0. The highest BCUT2D eigenvalue weighted by Crippen LogP contribution is 2.30. The van der Waals surface area contributed by atoms with E-state index in [4.69, 9.17) is 16.6 Å². The molecule has 0 aliphatic carbocycles. The number of carbonyl (C=O) groups excluding carboxylic acids is 1. The molecule has 1 fully saturated rings. The lowest BCUT2D eigenvalue weighted by molar-refractivity contribution is 0.0949. The third-order valence-electron chi connectivity index (χ3n) is 6.83. The summed E-state index contributed by atoms with van der Waals surface area (Å²) in [4.78, 5) is 22.8. The number of nitrogens with one attached hydrogen (secondary N) is 1. The van der Waals surface area contributed by atoms with Gasteiger partial charge in [0, 0.05) is 66.6 Å². The topological polar surface area (TPSA) is 48.5 Å². The largest absolute Gasteiger partial charge is 0.369 e. The second-order valence-corrected chi connectivity index (χ2v) is 9.88. The van der Waals surface area contributed by atoms with Crippen molar-refractivity contribution in [3.63, 3.8) is 0 Å². The number of rotatable bonds is 6. The van der Waals surface area contributed by atoms with Crippen molar-refractivity contribution in [2.75, 3.05) is 44.2 Å². The molecule has 1 aliphatic rings. The number of piperazine rings is 1. The Balaban J connectivity index is 1.24. The number of pyridine rings is 1. The van der Waals surface area contributed by atoms with Crippen LogP contribution in [0, 0.1) is 13.8 Å². The molecule has 0 unspecified atom stereocenters. The first-order valence-corrected chi connectivity index (χ1v) is 12.8. The van der Waals surface area contributed by atoms with Crippen molar-refractivity contribution in [1.29, 1.82) is 0 Å². The normalized spacial score (nSPS) is 14.2. The predicted octanol–water partition coefficient (Wildman–Crippen LogP) is 5.72. The van der Waals surface area contributed by atoms with E-state index in [2.05, 4.69) is 58.4 Å². The number of halogens is 1. The first kappa shape index (κ1) is 24.3. The van der Waals surface area contributed by atoms with Crippen molar-refractivity contribution < 1.29 is 4.79 Å². The summed E-state index contributed by atoms with van der Waals surface area (Å²) in [5.41, 5.74) is 6.91. The summed E-state index contributed by atoms with van der Waals surface area (Å²) in [6, 6.07) is 24.4. The molecule has 0 radical (unpaired) electrons. The van der Waals surface area contributed by atoms with Gasteiger partial charge in [0.1, 0.15) is 0 Å². The fourth-order valence-electron chi connectivity index (χ4n) is 4.86. The van der Waals surface area contributed by atoms with Crippen molar-refractivity contribution in [2.45, 2.75) is 13.8 Å². The summed E-state index contributed by atoms with van der Waals surface area (Å²) >= 11 is 6.15. The summed E-state index contributed by atoms with van der Waals surface area (Å²) in [6.07, 6.45) is 0. The second-order valence-electron chi connectivity index (χ2n) is 9.44. The van der Waals surface area contributed by atoms with Crippen molar-refractivity contribution in [2.24, 2.45) is 0 Å². The standard InChI is InChI=1S/C30H31ClN4O/c1-21-9-11-23(12-10-21)26-7-4-8-27-28(19-22(2)33-29(26)27)30(36)32-13-14-34-15-17-35(18-16-34)25-6-3-5-24(31)20-25/h3-12,19-20H,13-18H2,1-2H3,(H,32,36). The van der Waals surface area contributed by atoms with Gasteiger partial charge in [-0.1, -0.05) is 65.7 Å². The molecule has 5 rings (SSSR count). The molecule has 1 aliphatic heterocycles. The van der Waals surface area contributed by atoms with Crippen LogP contribution < -0.4 is 10.2 Å². The number of carbonyl (C=O) groups is 1. The fraction of sp³-hybridized carbons (Fsp3) is 0.267. The quantitative estimate of drug-likeness (QED) is 0.369. The van der Waals surface area contributed by atoms with Crippen LogP contribution in [-0.4, -0.2) is 55.1 Å². The maximum Gasteiger partial charge on any atom is 0.252 e. The number of benzene rings is 3. The molecule has 0 spiro atoms. The average molecular weight is 499 g/mol. The van der Waals surface area contributed by atoms with E-state index in [0.29, 0.717) is 12.1 Å². The van der Waals surface area contributed by atoms with Gasteiger partial charge in [0.25, 0.3) is 5.91 Å². The smallest absolute Gasteiger partial charge is 0.252 e. The Hall–Kier alpha value is -3.41. The maximum atomic E-state index is 13.2. The van der Waals surface area contributed by atoms with Gasteiger partial charge in [-0.15, -0.1) is 0 Å². The van der Waals surface area contributed by atoms with Crippen molar-refractivity contribution in [3.05, 3.63) is 94.6 Å². The SMILES string of the molecule is Cc1ccc(-c2cccc3c(C(=O)NCCN4CCN(c5cccc(Cl)c5)CC4)cc(C)nc23)cc1. The van der Waals surface area contributed by atoms with E-state index in [9.17, 15) is 4.79 Å². The Morgan fingerprint density at radius 3 is 2.44 bits per heavy atom. The molecule has 0 bridgehead atoms. The van der Waals surface area contributed by atoms with Gasteiger partial charge in [-0.3, -0.25) is 14.7 Å². The van der Waals surface area contributed by atoms with Gasteiger partial charge in [0.05, 0.1) is 11.1 Å². The first-order valence-electron chi connectivity index (χ1n) is 12.5. The molecule has 4 aromatic rings. The van der Waals surface area contributed by atoms with Crippen LogP contribution in [0.4, 0.5) is 5.69 Å². The van der Waals surface area contributed by atoms with Gasteiger partial charge in [-0.2, -0.15) is 0 Å². The molecular formula is C30H31ClN4O. The lowest BCUT2D eigenvalue weighted by Gasteiger charge is -2.36. The minimum Gasteiger partial charge on any atom is -0.369 e. The first-order chi connectivity index (χ1) is 17.5. The number of amides is 1. The number of fused-ring (bicyclic) bond motifs is 1. The molecule has 6 heteroatoms.